The predicted octanol–water partition coefficient (Wildman–Crippen LogP) is 2.97. The van der Waals surface area contributed by atoms with Crippen LogP contribution in [-0.4, -0.2) is 21.9 Å². The molecule has 2 aromatic heterocycles. The van der Waals surface area contributed by atoms with Gasteiger partial charge in [-0.2, -0.15) is 0 Å². The van der Waals surface area contributed by atoms with Crippen molar-refractivity contribution in [2.24, 2.45) is 0 Å². The number of carbonyl (C=O) groups is 1. The minimum Gasteiger partial charge on any atom is -0.494 e. The maximum atomic E-state index is 12.3. The molecule has 0 atom stereocenters. The fraction of sp³-hybridized carbons (Fsp3) is 0.222. The van der Waals surface area contributed by atoms with Crippen LogP contribution in [0.5, 0.6) is 5.75 Å². The van der Waals surface area contributed by atoms with Gasteiger partial charge in [-0.3, -0.25) is 4.79 Å². The highest BCUT2D eigenvalue weighted by molar-refractivity contribution is 5.92. The molecule has 2 heterocycles. The van der Waals surface area contributed by atoms with E-state index in [-0.39, 0.29) is 5.91 Å². The molecule has 23 heavy (non-hydrogen) atoms. The van der Waals surface area contributed by atoms with Crippen molar-refractivity contribution in [3.05, 3.63) is 65.6 Å². The van der Waals surface area contributed by atoms with Gasteiger partial charge in [0.25, 0.3) is 5.91 Å². The zero-order chi connectivity index (χ0) is 16.2. The predicted molar refractivity (Wildman–Crippen MR) is 88.7 cm³/mol. The Hall–Kier alpha value is -2.82. The fourth-order valence-electron chi connectivity index (χ4n) is 2.42. The topological polar surface area (TPSA) is 55.6 Å². The first-order chi connectivity index (χ1) is 11.2. The van der Waals surface area contributed by atoms with E-state index in [2.05, 4.69) is 10.3 Å². The van der Waals surface area contributed by atoms with Crippen LogP contribution >= 0.6 is 0 Å². The number of aromatic nitrogens is 2. The van der Waals surface area contributed by atoms with Gasteiger partial charge in [0.1, 0.15) is 17.1 Å². The van der Waals surface area contributed by atoms with E-state index in [1.54, 1.807) is 6.20 Å². The summed E-state index contributed by atoms with van der Waals surface area (Å²) in [5.74, 6) is 0.596. The Bertz CT molecular complexity index is 839. The van der Waals surface area contributed by atoms with Crippen LogP contribution in [0.25, 0.3) is 5.65 Å². The van der Waals surface area contributed by atoms with Gasteiger partial charge in [-0.1, -0.05) is 24.3 Å². The summed E-state index contributed by atoms with van der Waals surface area (Å²) in [6, 6.07) is 11.6. The Balaban J connectivity index is 1.73. The molecule has 0 fully saturated rings. The number of nitrogens with one attached hydrogen (secondary N) is 1. The van der Waals surface area contributed by atoms with Crippen LogP contribution in [-0.2, 0) is 6.54 Å². The van der Waals surface area contributed by atoms with Gasteiger partial charge in [-0.25, -0.2) is 4.98 Å². The van der Waals surface area contributed by atoms with Gasteiger partial charge in [0.15, 0.2) is 0 Å². The average molecular weight is 309 g/mol. The molecule has 0 aliphatic heterocycles. The number of pyridine rings is 1. The van der Waals surface area contributed by atoms with Crippen molar-refractivity contribution in [2.45, 2.75) is 20.4 Å². The molecule has 0 bridgehead atoms. The van der Waals surface area contributed by atoms with Gasteiger partial charge in [-0.05, 0) is 31.5 Å². The molecule has 1 aromatic carbocycles. The van der Waals surface area contributed by atoms with Crippen molar-refractivity contribution in [3.8, 4) is 5.75 Å². The summed E-state index contributed by atoms with van der Waals surface area (Å²) >= 11 is 0. The molecular weight excluding hydrogens is 290 g/mol. The van der Waals surface area contributed by atoms with Crippen LogP contribution in [0.1, 0.15) is 28.5 Å². The van der Waals surface area contributed by atoms with Crippen LogP contribution in [0.3, 0.4) is 0 Å². The maximum absolute atomic E-state index is 12.3. The number of hydrogen-bond acceptors (Lipinski definition) is 3. The van der Waals surface area contributed by atoms with E-state index < -0.39 is 0 Å². The lowest BCUT2D eigenvalue weighted by Crippen LogP contribution is -2.23. The third kappa shape index (κ3) is 3.34. The van der Waals surface area contributed by atoms with Gasteiger partial charge in [0.05, 0.1) is 6.61 Å². The van der Waals surface area contributed by atoms with Crippen molar-refractivity contribution in [1.82, 2.24) is 14.7 Å². The normalized spacial score (nSPS) is 10.7. The van der Waals surface area contributed by atoms with Crippen molar-refractivity contribution in [1.29, 1.82) is 0 Å². The molecule has 0 unspecified atom stereocenters. The third-order valence-electron chi connectivity index (χ3n) is 3.54. The molecule has 118 valence electrons. The largest absolute Gasteiger partial charge is 0.494 e. The average Bonchev–Trinajstić information content (AvgIpc) is 2.97. The van der Waals surface area contributed by atoms with Crippen molar-refractivity contribution in [3.63, 3.8) is 0 Å². The summed E-state index contributed by atoms with van der Waals surface area (Å²) in [5, 5.41) is 2.89. The van der Waals surface area contributed by atoms with E-state index in [1.807, 2.05) is 60.8 Å². The zero-order valence-corrected chi connectivity index (χ0v) is 13.2. The van der Waals surface area contributed by atoms with E-state index in [1.165, 1.54) is 0 Å². The number of aryl methyl sites for hydroxylation is 1. The Morgan fingerprint density at radius 3 is 2.87 bits per heavy atom. The summed E-state index contributed by atoms with van der Waals surface area (Å²) in [7, 11) is 0. The van der Waals surface area contributed by atoms with Crippen LogP contribution in [0.2, 0.25) is 0 Å². The van der Waals surface area contributed by atoms with E-state index in [0.717, 1.165) is 22.5 Å². The molecule has 1 N–H and O–H groups in total. The monoisotopic (exact) mass is 309 g/mol. The first kappa shape index (κ1) is 15.1. The fourth-order valence-corrected chi connectivity index (χ4v) is 2.42. The number of carbonyl (C=O) groups excluding carboxylic acids is 1. The molecule has 3 rings (SSSR count). The van der Waals surface area contributed by atoms with E-state index in [0.29, 0.717) is 18.8 Å². The number of fused-ring (bicyclic) bond motifs is 1. The van der Waals surface area contributed by atoms with E-state index in [9.17, 15) is 4.79 Å². The number of amides is 1. The minimum atomic E-state index is -0.197. The molecule has 3 aromatic rings. The van der Waals surface area contributed by atoms with Gasteiger partial charge in [0.2, 0.25) is 0 Å². The number of rotatable bonds is 5. The van der Waals surface area contributed by atoms with Gasteiger partial charge < -0.3 is 14.5 Å². The molecule has 5 nitrogen and oxygen atoms in total. The Morgan fingerprint density at radius 1 is 1.22 bits per heavy atom. The quantitative estimate of drug-likeness (QED) is 0.788. The number of imidazole rings is 1. The van der Waals surface area contributed by atoms with Crippen LogP contribution < -0.4 is 10.1 Å². The molecule has 0 radical (unpaired) electrons. The smallest absolute Gasteiger partial charge is 0.271 e. The number of para-hydroxylation sites is 1. The molecule has 0 saturated heterocycles. The minimum absolute atomic E-state index is 0.197. The standard InChI is InChI=1S/C18H19N3O2/c1-3-23-16-7-5-4-6-14(16)10-19-18(22)15-12-21-11-13(2)8-9-17(21)20-15/h4-9,11-12H,3,10H2,1-2H3,(H,19,22). The summed E-state index contributed by atoms with van der Waals surface area (Å²) in [4.78, 5) is 16.7. The number of nitrogens with zero attached hydrogens (tertiary/aromatic N) is 2. The first-order valence-electron chi connectivity index (χ1n) is 7.61. The first-order valence-corrected chi connectivity index (χ1v) is 7.61. The molecule has 1 amide bonds. The lowest BCUT2D eigenvalue weighted by Gasteiger charge is -2.10. The van der Waals surface area contributed by atoms with Crippen LogP contribution in [0, 0.1) is 6.92 Å². The number of ether oxygens (including phenoxy) is 1. The second-order valence-corrected chi connectivity index (χ2v) is 5.32. The Kier molecular flexibility index (Phi) is 4.28. The van der Waals surface area contributed by atoms with E-state index in [4.69, 9.17) is 4.74 Å². The lowest BCUT2D eigenvalue weighted by atomic mass is 10.2. The second kappa shape index (κ2) is 6.52. The van der Waals surface area contributed by atoms with Crippen molar-refractivity contribution >= 4 is 11.6 Å². The highest BCUT2D eigenvalue weighted by Crippen LogP contribution is 2.17. The van der Waals surface area contributed by atoms with Gasteiger partial charge in [0, 0.05) is 24.5 Å². The zero-order valence-electron chi connectivity index (χ0n) is 13.2. The molecule has 0 spiro atoms. The molecule has 0 aliphatic rings. The second-order valence-electron chi connectivity index (χ2n) is 5.32. The maximum Gasteiger partial charge on any atom is 0.271 e. The SMILES string of the molecule is CCOc1ccccc1CNC(=O)c1cn2cc(C)ccc2n1. The lowest BCUT2D eigenvalue weighted by molar-refractivity contribution is 0.0946. The molecular formula is C18H19N3O2. The number of benzene rings is 1. The Labute approximate surface area is 134 Å². The van der Waals surface area contributed by atoms with Crippen molar-refractivity contribution in [2.75, 3.05) is 6.61 Å². The molecule has 5 heteroatoms. The van der Waals surface area contributed by atoms with E-state index >= 15 is 0 Å². The summed E-state index contributed by atoms with van der Waals surface area (Å²) < 4.78 is 7.42. The van der Waals surface area contributed by atoms with Crippen LogP contribution in [0.15, 0.2) is 48.8 Å². The number of hydrogen-bond donors (Lipinski definition) is 1. The highest BCUT2D eigenvalue weighted by atomic mass is 16.5. The van der Waals surface area contributed by atoms with Gasteiger partial charge in [-0.15, -0.1) is 0 Å². The van der Waals surface area contributed by atoms with Crippen LogP contribution in [0.4, 0.5) is 0 Å². The van der Waals surface area contributed by atoms with Crippen molar-refractivity contribution < 1.29 is 9.53 Å². The van der Waals surface area contributed by atoms with Gasteiger partial charge >= 0.3 is 0 Å². The summed E-state index contributed by atoms with van der Waals surface area (Å²) in [5.41, 5.74) is 3.23. The summed E-state index contributed by atoms with van der Waals surface area (Å²) in [6.07, 6.45) is 3.69. The molecule has 0 aliphatic carbocycles. The third-order valence-corrected chi connectivity index (χ3v) is 3.54. The molecule has 0 saturated carbocycles. The Morgan fingerprint density at radius 2 is 2.04 bits per heavy atom. The highest BCUT2D eigenvalue weighted by Gasteiger charge is 2.11. The summed E-state index contributed by atoms with van der Waals surface area (Å²) in [6.45, 7) is 4.94.